The van der Waals surface area contributed by atoms with E-state index in [-0.39, 0.29) is 0 Å². The number of benzene rings is 1. The zero-order valence-corrected chi connectivity index (χ0v) is 12.2. The Labute approximate surface area is 112 Å². The molecule has 1 aromatic carbocycles. The van der Waals surface area contributed by atoms with Gasteiger partial charge in [0.2, 0.25) is 0 Å². The van der Waals surface area contributed by atoms with Gasteiger partial charge in [-0.15, -0.1) is 0 Å². The first-order chi connectivity index (χ1) is 8.37. The first-order valence-electron chi connectivity index (χ1n) is 6.88. The summed E-state index contributed by atoms with van der Waals surface area (Å²) < 4.78 is 0. The van der Waals surface area contributed by atoms with Crippen molar-refractivity contribution in [2.75, 3.05) is 13.1 Å². The van der Waals surface area contributed by atoms with Crippen LogP contribution in [0.4, 0.5) is 0 Å². The molecular weight excluding hydrogens is 218 g/mol. The predicted octanol–water partition coefficient (Wildman–Crippen LogP) is 4.33. The first kappa shape index (κ1) is 13.2. The van der Waals surface area contributed by atoms with E-state index in [0.717, 1.165) is 19.0 Å². The van der Waals surface area contributed by atoms with E-state index in [9.17, 15) is 0 Å². The quantitative estimate of drug-likeness (QED) is 0.747. The summed E-state index contributed by atoms with van der Waals surface area (Å²) in [7, 11) is 0. The Kier molecular flexibility index (Phi) is 3.52. The second-order valence-electron chi connectivity index (χ2n) is 6.67. The third kappa shape index (κ3) is 2.95. The Morgan fingerprint density at radius 2 is 2.11 bits per heavy atom. The van der Waals surface area contributed by atoms with Crippen LogP contribution in [0.2, 0.25) is 0 Å². The predicted molar refractivity (Wildman–Crippen MR) is 79.3 cm³/mol. The van der Waals surface area contributed by atoms with Crippen molar-refractivity contribution in [3.63, 3.8) is 0 Å². The Hall–Kier alpha value is -1.24. The first-order valence-corrected chi connectivity index (χ1v) is 6.88. The summed E-state index contributed by atoms with van der Waals surface area (Å²) in [5.41, 5.74) is 4.14. The van der Waals surface area contributed by atoms with Crippen LogP contribution >= 0.6 is 0 Å². The Balaban J connectivity index is 2.18. The van der Waals surface area contributed by atoms with E-state index in [0.29, 0.717) is 5.41 Å². The Morgan fingerprint density at radius 1 is 1.39 bits per heavy atom. The lowest BCUT2D eigenvalue weighted by Crippen LogP contribution is -2.42. The molecule has 1 aromatic rings. The van der Waals surface area contributed by atoms with Crippen molar-refractivity contribution < 1.29 is 0 Å². The summed E-state index contributed by atoms with van der Waals surface area (Å²) in [6.45, 7) is 15.8. The number of nitrogens with zero attached hydrogens (tertiary/aromatic N) is 1. The van der Waals surface area contributed by atoms with Crippen molar-refractivity contribution in [3.05, 3.63) is 42.0 Å². The lowest BCUT2D eigenvalue weighted by atomic mass is 9.79. The molecule has 1 aliphatic rings. The van der Waals surface area contributed by atoms with Crippen molar-refractivity contribution in [2.24, 2.45) is 11.3 Å². The highest BCUT2D eigenvalue weighted by atomic mass is 15.2. The minimum atomic E-state index is 0.393. The third-order valence-corrected chi connectivity index (χ3v) is 3.79. The molecule has 2 rings (SSSR count). The van der Waals surface area contributed by atoms with Gasteiger partial charge in [-0.3, -0.25) is 0 Å². The molecule has 1 aliphatic heterocycles. The zero-order chi connectivity index (χ0) is 13.3. The number of aryl methyl sites for hydroxylation is 1. The van der Waals surface area contributed by atoms with Gasteiger partial charge in [0.25, 0.3) is 0 Å². The molecule has 0 aromatic heterocycles. The maximum Gasteiger partial charge on any atom is 0.0367 e. The van der Waals surface area contributed by atoms with Crippen LogP contribution in [-0.2, 0) is 0 Å². The number of hydrogen-bond donors (Lipinski definition) is 0. The molecule has 0 amide bonds. The summed E-state index contributed by atoms with van der Waals surface area (Å²) in [5, 5.41) is 0. The lowest BCUT2D eigenvalue weighted by Gasteiger charge is -2.43. The van der Waals surface area contributed by atoms with E-state index < -0.39 is 0 Å². The largest absolute Gasteiger partial charge is 0.371 e. The molecule has 1 unspecified atom stereocenters. The molecule has 0 spiro atoms. The minimum Gasteiger partial charge on any atom is -0.371 e. The summed E-state index contributed by atoms with van der Waals surface area (Å²) in [4.78, 5) is 2.46. The normalized spacial score (nSPS) is 22.9. The fourth-order valence-electron chi connectivity index (χ4n) is 3.24. The average molecular weight is 243 g/mol. The monoisotopic (exact) mass is 243 g/mol. The van der Waals surface area contributed by atoms with Gasteiger partial charge in [0.05, 0.1) is 0 Å². The van der Waals surface area contributed by atoms with Crippen molar-refractivity contribution in [1.82, 2.24) is 4.90 Å². The van der Waals surface area contributed by atoms with E-state index in [2.05, 4.69) is 63.4 Å². The number of hydrogen-bond acceptors (Lipinski definition) is 1. The SMILES string of the molecule is C=C(c1cccc(C)c1)N1CC(C)CC(C)(C)C1. The van der Waals surface area contributed by atoms with Gasteiger partial charge in [0, 0.05) is 18.8 Å². The van der Waals surface area contributed by atoms with Crippen LogP contribution < -0.4 is 0 Å². The molecule has 1 nitrogen and oxygen atoms in total. The molecule has 1 atom stereocenters. The Bertz CT molecular complexity index is 445. The highest BCUT2D eigenvalue weighted by Gasteiger charge is 2.31. The van der Waals surface area contributed by atoms with E-state index in [1.54, 1.807) is 0 Å². The smallest absolute Gasteiger partial charge is 0.0367 e. The fourth-order valence-corrected chi connectivity index (χ4v) is 3.24. The molecule has 1 heteroatoms. The summed E-state index contributed by atoms with van der Waals surface area (Å²) in [5.74, 6) is 0.746. The fraction of sp³-hybridized carbons (Fsp3) is 0.529. The molecule has 1 saturated heterocycles. The van der Waals surface area contributed by atoms with Gasteiger partial charge in [-0.25, -0.2) is 0 Å². The highest BCUT2D eigenvalue weighted by molar-refractivity contribution is 5.62. The molecule has 98 valence electrons. The minimum absolute atomic E-state index is 0.393. The molecule has 1 heterocycles. The molecule has 0 bridgehead atoms. The summed E-state index contributed by atoms with van der Waals surface area (Å²) in [6.07, 6.45) is 1.31. The maximum atomic E-state index is 4.32. The highest BCUT2D eigenvalue weighted by Crippen LogP contribution is 2.35. The van der Waals surface area contributed by atoms with Gasteiger partial charge in [-0.05, 0) is 36.3 Å². The van der Waals surface area contributed by atoms with Crippen molar-refractivity contribution >= 4 is 5.70 Å². The zero-order valence-electron chi connectivity index (χ0n) is 12.2. The third-order valence-electron chi connectivity index (χ3n) is 3.79. The lowest BCUT2D eigenvalue weighted by molar-refractivity contribution is 0.125. The topological polar surface area (TPSA) is 3.24 Å². The van der Waals surface area contributed by atoms with Gasteiger partial charge < -0.3 is 4.90 Å². The molecule has 0 aliphatic carbocycles. The van der Waals surface area contributed by atoms with Crippen LogP contribution in [0, 0.1) is 18.3 Å². The van der Waals surface area contributed by atoms with E-state index in [1.807, 2.05) is 0 Å². The summed E-state index contributed by atoms with van der Waals surface area (Å²) >= 11 is 0. The molecule has 0 radical (unpaired) electrons. The second kappa shape index (κ2) is 4.79. The van der Waals surface area contributed by atoms with Crippen LogP contribution in [0.25, 0.3) is 5.70 Å². The van der Waals surface area contributed by atoms with E-state index in [1.165, 1.54) is 23.2 Å². The van der Waals surface area contributed by atoms with Gasteiger partial charge in [0.15, 0.2) is 0 Å². The van der Waals surface area contributed by atoms with Crippen LogP contribution in [0.5, 0.6) is 0 Å². The molecule has 0 saturated carbocycles. The van der Waals surface area contributed by atoms with Crippen LogP contribution in [0.1, 0.15) is 38.3 Å². The van der Waals surface area contributed by atoms with Crippen molar-refractivity contribution in [3.8, 4) is 0 Å². The van der Waals surface area contributed by atoms with Gasteiger partial charge in [-0.2, -0.15) is 0 Å². The van der Waals surface area contributed by atoms with Crippen LogP contribution in [0.3, 0.4) is 0 Å². The Morgan fingerprint density at radius 3 is 2.72 bits per heavy atom. The van der Waals surface area contributed by atoms with Crippen molar-refractivity contribution in [2.45, 2.75) is 34.1 Å². The number of likely N-dealkylation sites (tertiary alicyclic amines) is 1. The average Bonchev–Trinajstić information content (AvgIpc) is 2.25. The van der Waals surface area contributed by atoms with Crippen molar-refractivity contribution in [1.29, 1.82) is 0 Å². The van der Waals surface area contributed by atoms with Gasteiger partial charge in [-0.1, -0.05) is 51.1 Å². The molecule has 1 fully saturated rings. The molecule has 18 heavy (non-hydrogen) atoms. The standard InChI is InChI=1S/C17H25N/c1-13-7-6-8-16(9-13)15(3)18-11-14(2)10-17(4,5)12-18/h6-9,14H,3,10-12H2,1-2,4-5H3. The van der Waals surface area contributed by atoms with Crippen LogP contribution in [0.15, 0.2) is 30.8 Å². The van der Waals surface area contributed by atoms with Gasteiger partial charge >= 0.3 is 0 Å². The number of rotatable bonds is 2. The summed E-state index contributed by atoms with van der Waals surface area (Å²) in [6, 6.07) is 8.66. The maximum absolute atomic E-state index is 4.32. The second-order valence-corrected chi connectivity index (χ2v) is 6.67. The molecular formula is C17H25N. The van der Waals surface area contributed by atoms with E-state index >= 15 is 0 Å². The van der Waals surface area contributed by atoms with Crippen LogP contribution in [-0.4, -0.2) is 18.0 Å². The van der Waals surface area contributed by atoms with E-state index in [4.69, 9.17) is 0 Å². The number of piperidine rings is 1. The molecule has 0 N–H and O–H groups in total. The van der Waals surface area contributed by atoms with Gasteiger partial charge in [0.1, 0.15) is 0 Å².